The van der Waals surface area contributed by atoms with Crippen molar-refractivity contribution >= 4 is 16.9 Å². The van der Waals surface area contributed by atoms with Gasteiger partial charge in [0.15, 0.2) is 0 Å². The average molecular weight is 310 g/mol. The van der Waals surface area contributed by atoms with Gasteiger partial charge in [-0.3, -0.25) is 4.79 Å². The second-order valence-electron chi connectivity index (χ2n) is 5.42. The van der Waals surface area contributed by atoms with E-state index in [2.05, 4.69) is 0 Å². The average Bonchev–Trinajstić information content (AvgIpc) is 2.82. The molecule has 1 unspecified atom stereocenters. The van der Waals surface area contributed by atoms with Gasteiger partial charge in [0.1, 0.15) is 11.8 Å². The smallest absolute Gasteiger partial charge is 0.320 e. The van der Waals surface area contributed by atoms with Crippen molar-refractivity contribution in [1.29, 1.82) is 0 Å². The van der Waals surface area contributed by atoms with Gasteiger partial charge in [-0.1, -0.05) is 36.4 Å². The van der Waals surface area contributed by atoms with E-state index in [4.69, 9.17) is 15.6 Å². The minimum atomic E-state index is -1.02. The van der Waals surface area contributed by atoms with Crippen LogP contribution in [0.25, 0.3) is 10.9 Å². The molecule has 0 bridgehead atoms. The number of carboxylic acid groups (broad SMARTS) is 1. The molecule has 118 valence electrons. The number of nitrogens with zero attached hydrogens (tertiary/aromatic N) is 1. The van der Waals surface area contributed by atoms with E-state index in [-0.39, 0.29) is 6.42 Å². The van der Waals surface area contributed by atoms with E-state index in [1.54, 1.807) is 0 Å². The molecular formula is C18H18N2O3. The van der Waals surface area contributed by atoms with Gasteiger partial charge in [-0.25, -0.2) is 0 Å². The number of hydrogen-bond acceptors (Lipinski definition) is 3. The number of para-hydroxylation sites is 2. The Bertz CT molecular complexity index is 840. The number of aromatic nitrogens is 1. The number of hydrogen-bond donors (Lipinski definition) is 2. The van der Waals surface area contributed by atoms with Crippen molar-refractivity contribution in [2.75, 3.05) is 0 Å². The van der Waals surface area contributed by atoms with Crippen molar-refractivity contribution in [3.8, 4) is 11.6 Å². The second-order valence-corrected chi connectivity index (χ2v) is 5.42. The minimum absolute atomic E-state index is 0.207. The van der Waals surface area contributed by atoms with Crippen molar-refractivity contribution in [3.05, 3.63) is 60.2 Å². The molecule has 0 saturated heterocycles. The van der Waals surface area contributed by atoms with E-state index in [1.165, 1.54) is 0 Å². The Kier molecular flexibility index (Phi) is 4.04. The van der Waals surface area contributed by atoms with Gasteiger partial charge in [-0.15, -0.1) is 0 Å². The molecule has 0 fully saturated rings. The molecule has 3 aromatic rings. The maximum Gasteiger partial charge on any atom is 0.320 e. The molecule has 1 heterocycles. The molecule has 1 atom stereocenters. The third-order valence-corrected chi connectivity index (χ3v) is 3.85. The van der Waals surface area contributed by atoms with Crippen LogP contribution in [0.15, 0.2) is 54.6 Å². The van der Waals surface area contributed by atoms with E-state index in [1.807, 2.05) is 66.2 Å². The Labute approximate surface area is 133 Å². The number of aryl methyl sites for hydroxylation is 1. The van der Waals surface area contributed by atoms with Crippen LogP contribution in [0.4, 0.5) is 0 Å². The van der Waals surface area contributed by atoms with Crippen LogP contribution in [0.3, 0.4) is 0 Å². The predicted molar refractivity (Wildman–Crippen MR) is 88.8 cm³/mol. The molecule has 0 amide bonds. The monoisotopic (exact) mass is 310 g/mol. The Morgan fingerprint density at radius 1 is 1.17 bits per heavy atom. The van der Waals surface area contributed by atoms with Crippen molar-refractivity contribution in [2.24, 2.45) is 12.8 Å². The number of ether oxygens (including phenoxy) is 1. The molecule has 3 rings (SSSR count). The first-order valence-electron chi connectivity index (χ1n) is 7.35. The SMILES string of the molecule is Cn1c(Oc2ccccc2)c(CC(N)C(=O)O)c2ccccc21. The molecule has 0 aliphatic carbocycles. The molecule has 23 heavy (non-hydrogen) atoms. The second kappa shape index (κ2) is 6.14. The van der Waals surface area contributed by atoms with Gasteiger partial charge in [0.25, 0.3) is 0 Å². The van der Waals surface area contributed by atoms with Crippen LogP contribution in [-0.2, 0) is 18.3 Å². The summed E-state index contributed by atoms with van der Waals surface area (Å²) in [5, 5.41) is 10.1. The van der Waals surface area contributed by atoms with Crippen molar-refractivity contribution in [2.45, 2.75) is 12.5 Å². The van der Waals surface area contributed by atoms with Gasteiger partial charge in [-0.2, -0.15) is 0 Å². The van der Waals surface area contributed by atoms with Crippen molar-refractivity contribution in [1.82, 2.24) is 4.57 Å². The zero-order valence-corrected chi connectivity index (χ0v) is 12.8. The maximum absolute atomic E-state index is 11.1. The van der Waals surface area contributed by atoms with Crippen LogP contribution < -0.4 is 10.5 Å². The summed E-state index contributed by atoms with van der Waals surface area (Å²) in [6.45, 7) is 0. The number of carbonyl (C=O) groups is 1. The summed E-state index contributed by atoms with van der Waals surface area (Å²) in [5.74, 6) is 0.293. The Morgan fingerprint density at radius 3 is 2.52 bits per heavy atom. The fraction of sp³-hybridized carbons (Fsp3) is 0.167. The third kappa shape index (κ3) is 2.91. The zero-order chi connectivity index (χ0) is 16.4. The highest BCUT2D eigenvalue weighted by molar-refractivity contribution is 5.88. The number of rotatable bonds is 5. The highest BCUT2D eigenvalue weighted by Crippen LogP contribution is 2.34. The fourth-order valence-corrected chi connectivity index (χ4v) is 2.68. The van der Waals surface area contributed by atoms with Crippen LogP contribution in [0.2, 0.25) is 0 Å². The molecule has 5 nitrogen and oxygen atoms in total. The summed E-state index contributed by atoms with van der Waals surface area (Å²) in [7, 11) is 1.90. The maximum atomic E-state index is 11.1. The Morgan fingerprint density at radius 2 is 1.83 bits per heavy atom. The lowest BCUT2D eigenvalue weighted by atomic mass is 10.1. The summed E-state index contributed by atoms with van der Waals surface area (Å²) in [6.07, 6.45) is 0.207. The summed E-state index contributed by atoms with van der Waals surface area (Å²) in [5.41, 5.74) is 7.53. The molecule has 0 aliphatic heterocycles. The quantitative estimate of drug-likeness (QED) is 0.759. The van der Waals surface area contributed by atoms with Crippen LogP contribution in [0, 0.1) is 0 Å². The standard InChI is InChI=1S/C18H18N2O3/c1-20-16-10-6-5-9-13(16)14(11-15(19)18(21)22)17(20)23-12-7-3-2-4-8-12/h2-10,15H,11,19H2,1H3,(H,21,22). The van der Waals surface area contributed by atoms with Crippen LogP contribution in [0.1, 0.15) is 5.56 Å². The van der Waals surface area contributed by atoms with Crippen molar-refractivity contribution < 1.29 is 14.6 Å². The zero-order valence-electron chi connectivity index (χ0n) is 12.8. The first kappa shape index (κ1) is 15.1. The minimum Gasteiger partial charge on any atom is -0.480 e. The number of fused-ring (bicyclic) bond motifs is 1. The Balaban J connectivity index is 2.11. The number of aliphatic carboxylic acids is 1. The van der Waals surface area contributed by atoms with E-state index < -0.39 is 12.0 Å². The molecule has 2 aromatic carbocycles. The third-order valence-electron chi connectivity index (χ3n) is 3.85. The van der Waals surface area contributed by atoms with Gasteiger partial charge in [0.05, 0.1) is 5.52 Å². The van der Waals surface area contributed by atoms with Gasteiger partial charge in [0, 0.05) is 24.4 Å². The van der Waals surface area contributed by atoms with Crippen LogP contribution in [0.5, 0.6) is 11.6 Å². The van der Waals surface area contributed by atoms with Gasteiger partial charge in [0.2, 0.25) is 5.88 Å². The number of carboxylic acids is 1. The molecule has 1 aromatic heterocycles. The molecule has 0 aliphatic rings. The predicted octanol–water partition coefficient (Wildman–Crippen LogP) is 2.93. The van der Waals surface area contributed by atoms with E-state index >= 15 is 0 Å². The summed E-state index contributed by atoms with van der Waals surface area (Å²) < 4.78 is 7.94. The highest BCUT2D eigenvalue weighted by Gasteiger charge is 2.22. The molecule has 0 spiro atoms. The van der Waals surface area contributed by atoms with Gasteiger partial charge >= 0.3 is 5.97 Å². The lowest BCUT2D eigenvalue weighted by Crippen LogP contribution is -2.32. The lowest BCUT2D eigenvalue weighted by molar-refractivity contribution is -0.138. The van der Waals surface area contributed by atoms with E-state index in [0.717, 1.165) is 16.5 Å². The molecular weight excluding hydrogens is 292 g/mol. The van der Waals surface area contributed by atoms with Gasteiger partial charge in [-0.05, 0) is 18.2 Å². The largest absolute Gasteiger partial charge is 0.480 e. The normalized spacial score (nSPS) is 12.3. The summed E-state index contributed by atoms with van der Waals surface area (Å²) >= 11 is 0. The first-order chi connectivity index (χ1) is 11.1. The summed E-state index contributed by atoms with van der Waals surface area (Å²) in [6, 6.07) is 16.2. The lowest BCUT2D eigenvalue weighted by Gasteiger charge is -2.11. The van der Waals surface area contributed by atoms with Gasteiger partial charge < -0.3 is 20.1 Å². The molecule has 3 N–H and O–H groups in total. The Hall–Kier alpha value is -2.79. The van der Waals surface area contributed by atoms with Crippen LogP contribution in [-0.4, -0.2) is 21.7 Å². The number of nitrogens with two attached hydrogens (primary N) is 1. The molecule has 0 radical (unpaired) electrons. The number of benzene rings is 2. The summed E-state index contributed by atoms with van der Waals surface area (Å²) in [4.78, 5) is 11.1. The van der Waals surface area contributed by atoms with E-state index in [0.29, 0.717) is 11.6 Å². The van der Waals surface area contributed by atoms with Crippen LogP contribution >= 0.6 is 0 Å². The molecule has 5 heteroatoms. The van der Waals surface area contributed by atoms with E-state index in [9.17, 15) is 4.79 Å². The van der Waals surface area contributed by atoms with Crippen molar-refractivity contribution in [3.63, 3.8) is 0 Å². The fourth-order valence-electron chi connectivity index (χ4n) is 2.68. The highest BCUT2D eigenvalue weighted by atomic mass is 16.5. The first-order valence-corrected chi connectivity index (χ1v) is 7.35. The molecule has 0 saturated carbocycles. The topological polar surface area (TPSA) is 77.5 Å².